The van der Waals surface area contributed by atoms with Crippen molar-refractivity contribution in [1.82, 2.24) is 19.7 Å². The molecule has 1 aliphatic heterocycles. The molecule has 6 nitrogen and oxygen atoms in total. The van der Waals surface area contributed by atoms with E-state index >= 15 is 0 Å². The quantitative estimate of drug-likeness (QED) is 0.762. The second-order valence-electron chi connectivity index (χ2n) is 6.55. The van der Waals surface area contributed by atoms with Gasteiger partial charge in [0.25, 0.3) is 0 Å². The normalized spacial score (nSPS) is 15.5. The van der Waals surface area contributed by atoms with Gasteiger partial charge in [0, 0.05) is 30.6 Å². The van der Waals surface area contributed by atoms with Crippen molar-refractivity contribution in [2.75, 3.05) is 13.1 Å². The molecule has 0 saturated carbocycles. The summed E-state index contributed by atoms with van der Waals surface area (Å²) in [6.45, 7) is 2.08. The number of aromatic nitrogens is 3. The maximum absolute atomic E-state index is 11.8. The Kier molecular flexibility index (Phi) is 4.19. The molecule has 0 unspecified atom stereocenters. The van der Waals surface area contributed by atoms with E-state index in [1.54, 1.807) is 12.4 Å². The van der Waals surface area contributed by atoms with Crippen LogP contribution in [0, 0.1) is 0 Å². The van der Waals surface area contributed by atoms with Crippen LogP contribution >= 0.6 is 0 Å². The summed E-state index contributed by atoms with van der Waals surface area (Å²) in [4.78, 5) is 20.5. The minimum absolute atomic E-state index is 0.393. The zero-order valence-electron chi connectivity index (χ0n) is 14.0. The molecule has 1 aromatic carbocycles. The monoisotopic (exact) mass is 335 g/mol. The molecular formula is C19H21N5O. The van der Waals surface area contributed by atoms with Crippen LogP contribution in [0.4, 0.5) is 0 Å². The molecule has 1 saturated heterocycles. The van der Waals surface area contributed by atoms with E-state index in [9.17, 15) is 4.79 Å². The molecule has 3 heterocycles. The third kappa shape index (κ3) is 3.25. The number of hydrogen-bond donors (Lipinski definition) is 2. The molecule has 1 aliphatic rings. The number of nitrogens with two attached hydrogens (primary N) is 1. The second kappa shape index (κ2) is 6.64. The van der Waals surface area contributed by atoms with Crippen LogP contribution in [0.3, 0.4) is 0 Å². The van der Waals surface area contributed by atoms with Crippen molar-refractivity contribution in [3.8, 4) is 0 Å². The number of piperidine rings is 1. The van der Waals surface area contributed by atoms with Gasteiger partial charge in [0.1, 0.15) is 0 Å². The first-order valence-electron chi connectivity index (χ1n) is 8.61. The Morgan fingerprint density at radius 2 is 2.12 bits per heavy atom. The van der Waals surface area contributed by atoms with Crippen molar-refractivity contribution in [3.05, 3.63) is 65.4 Å². The standard InChI is InChI=1S/C19H21N5O/c20-19(25)17-2-1-14(13-3-5-21-6-4-13)9-15(17)10-16-12-24-8-7-22-18(24)11-23-16/h1-2,7-9,11-13,21H,3-6,10H2,(H2,20,25). The van der Waals surface area contributed by atoms with Gasteiger partial charge in [0.05, 0.1) is 11.9 Å². The Bertz CT molecular complexity index is 911. The number of carbonyl (C=O) groups excluding carboxylic acids is 1. The average Bonchev–Trinajstić information content (AvgIpc) is 3.10. The van der Waals surface area contributed by atoms with Crippen LogP contribution in [-0.2, 0) is 6.42 Å². The molecule has 4 rings (SSSR count). The highest BCUT2D eigenvalue weighted by molar-refractivity contribution is 5.94. The number of rotatable bonds is 4. The molecule has 0 atom stereocenters. The highest BCUT2D eigenvalue weighted by Crippen LogP contribution is 2.27. The van der Waals surface area contributed by atoms with Gasteiger partial charge in [-0.3, -0.25) is 9.78 Å². The van der Waals surface area contributed by atoms with Gasteiger partial charge in [-0.25, -0.2) is 4.98 Å². The molecule has 0 bridgehead atoms. The maximum atomic E-state index is 11.8. The molecule has 6 heteroatoms. The van der Waals surface area contributed by atoms with Crippen LogP contribution < -0.4 is 11.1 Å². The lowest BCUT2D eigenvalue weighted by molar-refractivity contribution is 0.0999. The van der Waals surface area contributed by atoms with Crippen molar-refractivity contribution in [3.63, 3.8) is 0 Å². The summed E-state index contributed by atoms with van der Waals surface area (Å²) in [6.07, 6.45) is 10.1. The van der Waals surface area contributed by atoms with Gasteiger partial charge < -0.3 is 15.5 Å². The minimum atomic E-state index is -0.393. The molecule has 1 amide bonds. The largest absolute Gasteiger partial charge is 0.366 e. The molecule has 0 aliphatic carbocycles. The molecule has 0 radical (unpaired) electrons. The third-order valence-corrected chi connectivity index (χ3v) is 4.91. The lowest BCUT2D eigenvalue weighted by atomic mass is 9.87. The number of nitrogens with zero attached hydrogens (tertiary/aromatic N) is 3. The summed E-state index contributed by atoms with van der Waals surface area (Å²) in [5.74, 6) is 0.140. The van der Waals surface area contributed by atoms with Crippen LogP contribution in [0.1, 0.15) is 45.9 Å². The third-order valence-electron chi connectivity index (χ3n) is 4.91. The maximum Gasteiger partial charge on any atom is 0.248 e. The smallest absolute Gasteiger partial charge is 0.248 e. The van der Waals surface area contributed by atoms with Gasteiger partial charge in [-0.1, -0.05) is 12.1 Å². The van der Waals surface area contributed by atoms with Crippen LogP contribution in [-0.4, -0.2) is 33.4 Å². The number of hydrogen-bond acceptors (Lipinski definition) is 4. The van der Waals surface area contributed by atoms with E-state index in [2.05, 4.69) is 21.4 Å². The van der Waals surface area contributed by atoms with Crippen molar-refractivity contribution >= 4 is 11.6 Å². The molecule has 3 aromatic rings. The summed E-state index contributed by atoms with van der Waals surface area (Å²) in [7, 11) is 0. The Balaban J connectivity index is 1.68. The molecule has 128 valence electrons. The zero-order chi connectivity index (χ0) is 17.2. The van der Waals surface area contributed by atoms with E-state index in [-0.39, 0.29) is 0 Å². The first-order chi connectivity index (χ1) is 12.2. The molecule has 1 fully saturated rings. The average molecular weight is 335 g/mol. The van der Waals surface area contributed by atoms with E-state index in [1.807, 2.05) is 28.9 Å². The number of nitrogens with one attached hydrogen (secondary N) is 1. The van der Waals surface area contributed by atoms with Gasteiger partial charge in [-0.2, -0.15) is 0 Å². The van der Waals surface area contributed by atoms with Crippen molar-refractivity contribution in [2.45, 2.75) is 25.2 Å². The highest BCUT2D eigenvalue weighted by atomic mass is 16.1. The van der Waals surface area contributed by atoms with Gasteiger partial charge in [0.15, 0.2) is 5.65 Å². The zero-order valence-corrected chi connectivity index (χ0v) is 14.0. The number of benzene rings is 1. The second-order valence-corrected chi connectivity index (χ2v) is 6.55. The lowest BCUT2D eigenvalue weighted by Crippen LogP contribution is -2.26. The predicted molar refractivity (Wildman–Crippen MR) is 95.6 cm³/mol. The van der Waals surface area contributed by atoms with Crippen molar-refractivity contribution < 1.29 is 4.79 Å². The van der Waals surface area contributed by atoms with Gasteiger partial charge in [0.2, 0.25) is 5.91 Å². The van der Waals surface area contributed by atoms with E-state index in [0.29, 0.717) is 17.9 Å². The topological polar surface area (TPSA) is 85.3 Å². The molecular weight excluding hydrogens is 314 g/mol. The van der Waals surface area contributed by atoms with Gasteiger partial charge in [-0.05, 0) is 49.0 Å². The van der Waals surface area contributed by atoms with Crippen molar-refractivity contribution in [2.24, 2.45) is 5.73 Å². The van der Waals surface area contributed by atoms with Gasteiger partial charge >= 0.3 is 0 Å². The predicted octanol–water partition coefficient (Wildman–Crippen LogP) is 1.89. The molecule has 0 spiro atoms. The fourth-order valence-electron chi connectivity index (χ4n) is 3.56. The van der Waals surface area contributed by atoms with Crippen LogP contribution in [0.5, 0.6) is 0 Å². The Hall–Kier alpha value is -2.73. The molecule has 3 N–H and O–H groups in total. The van der Waals surface area contributed by atoms with Crippen LogP contribution in [0.2, 0.25) is 0 Å². The first kappa shape index (κ1) is 15.8. The number of fused-ring (bicyclic) bond motifs is 1. The summed E-state index contributed by atoms with van der Waals surface area (Å²) < 4.78 is 1.93. The first-order valence-corrected chi connectivity index (χ1v) is 8.61. The minimum Gasteiger partial charge on any atom is -0.366 e. The highest BCUT2D eigenvalue weighted by Gasteiger charge is 2.18. The summed E-state index contributed by atoms with van der Waals surface area (Å²) >= 11 is 0. The summed E-state index contributed by atoms with van der Waals surface area (Å²) in [6, 6.07) is 6.05. The number of primary amides is 1. The number of imidazole rings is 1. The summed E-state index contributed by atoms with van der Waals surface area (Å²) in [5.41, 5.74) is 10.1. The molecule has 2 aromatic heterocycles. The SMILES string of the molecule is NC(=O)c1ccc(C2CCNCC2)cc1Cc1cn2ccnc2cn1. The van der Waals surface area contributed by atoms with E-state index in [4.69, 9.17) is 5.73 Å². The van der Waals surface area contributed by atoms with Crippen molar-refractivity contribution in [1.29, 1.82) is 0 Å². The Morgan fingerprint density at radius 1 is 1.28 bits per heavy atom. The number of carbonyl (C=O) groups is 1. The summed E-state index contributed by atoms with van der Waals surface area (Å²) in [5, 5.41) is 3.39. The Morgan fingerprint density at radius 3 is 2.92 bits per heavy atom. The molecule has 25 heavy (non-hydrogen) atoms. The van der Waals surface area contributed by atoms with E-state index < -0.39 is 5.91 Å². The van der Waals surface area contributed by atoms with Gasteiger partial charge in [-0.15, -0.1) is 0 Å². The fraction of sp³-hybridized carbons (Fsp3) is 0.316. The number of amides is 1. The van der Waals surface area contributed by atoms with Crippen LogP contribution in [0.15, 0.2) is 43.0 Å². The van der Waals surface area contributed by atoms with E-state index in [1.165, 1.54) is 5.56 Å². The van der Waals surface area contributed by atoms with Crippen LogP contribution in [0.25, 0.3) is 5.65 Å². The lowest BCUT2D eigenvalue weighted by Gasteiger charge is -2.24. The Labute approximate surface area is 146 Å². The fourth-order valence-corrected chi connectivity index (χ4v) is 3.56. The van der Waals surface area contributed by atoms with E-state index in [0.717, 1.165) is 42.8 Å².